The quantitative estimate of drug-likeness (QED) is 0.888. The fourth-order valence-corrected chi connectivity index (χ4v) is 3.30. The van der Waals surface area contributed by atoms with Crippen molar-refractivity contribution in [3.63, 3.8) is 0 Å². The van der Waals surface area contributed by atoms with E-state index < -0.39 is 0 Å². The maximum atomic E-state index is 12.2. The van der Waals surface area contributed by atoms with Gasteiger partial charge in [-0.05, 0) is 37.8 Å². The smallest absolute Gasteiger partial charge is 0.298 e. The molecule has 1 aliphatic rings. The van der Waals surface area contributed by atoms with Gasteiger partial charge in [-0.3, -0.25) is 4.79 Å². The number of oxazole rings is 1. The standard InChI is InChI=1S/C18H25N3O2/c1-3-13(4-2)17(22)19-12-14-8-7-11-21(14)18-20-15-9-5-6-10-16(15)23-18/h5-6,9-10,13-14H,3-4,7-8,11-12H2,1-2H3,(H,19,22). The van der Waals surface area contributed by atoms with Gasteiger partial charge in [0.25, 0.3) is 6.01 Å². The van der Waals surface area contributed by atoms with Crippen LogP contribution in [0.2, 0.25) is 0 Å². The third-order valence-electron chi connectivity index (χ3n) is 4.77. The highest BCUT2D eigenvalue weighted by atomic mass is 16.4. The number of rotatable bonds is 6. The number of amides is 1. The molecule has 3 rings (SSSR count). The molecule has 1 aromatic heterocycles. The molecule has 124 valence electrons. The molecule has 1 unspecified atom stereocenters. The molecule has 1 amide bonds. The number of hydrogen-bond acceptors (Lipinski definition) is 4. The number of nitrogens with zero attached hydrogens (tertiary/aromatic N) is 2. The number of carbonyl (C=O) groups excluding carboxylic acids is 1. The molecule has 2 aromatic rings. The predicted octanol–water partition coefficient (Wildman–Crippen LogP) is 3.35. The molecule has 0 saturated carbocycles. The lowest BCUT2D eigenvalue weighted by Gasteiger charge is -2.24. The Hall–Kier alpha value is -2.04. The molecule has 1 aliphatic heterocycles. The minimum Gasteiger partial charge on any atom is -0.423 e. The molecule has 0 spiro atoms. The Kier molecular flexibility index (Phi) is 4.84. The van der Waals surface area contributed by atoms with Crippen LogP contribution in [0.4, 0.5) is 6.01 Å². The van der Waals surface area contributed by atoms with Gasteiger partial charge in [-0.25, -0.2) is 0 Å². The molecule has 1 fully saturated rings. The number of benzene rings is 1. The topological polar surface area (TPSA) is 58.4 Å². The summed E-state index contributed by atoms with van der Waals surface area (Å²) in [7, 11) is 0. The van der Waals surface area contributed by atoms with E-state index in [0.29, 0.717) is 12.6 Å². The number of para-hydroxylation sites is 2. The first kappa shape index (κ1) is 15.8. The Labute approximate surface area is 137 Å². The van der Waals surface area contributed by atoms with Gasteiger partial charge in [0, 0.05) is 19.0 Å². The average Bonchev–Trinajstić information content (AvgIpc) is 3.20. The van der Waals surface area contributed by atoms with E-state index in [1.54, 1.807) is 0 Å². The normalized spacial score (nSPS) is 18.0. The number of hydrogen-bond donors (Lipinski definition) is 1. The van der Waals surface area contributed by atoms with E-state index in [2.05, 4.69) is 29.0 Å². The van der Waals surface area contributed by atoms with Crippen molar-refractivity contribution in [2.24, 2.45) is 5.92 Å². The summed E-state index contributed by atoms with van der Waals surface area (Å²) in [5, 5.41) is 3.11. The van der Waals surface area contributed by atoms with Gasteiger partial charge in [0.05, 0.1) is 6.04 Å². The molecule has 0 aliphatic carbocycles. The first-order valence-corrected chi connectivity index (χ1v) is 8.62. The Morgan fingerprint density at radius 2 is 2.17 bits per heavy atom. The highest BCUT2D eigenvalue weighted by Crippen LogP contribution is 2.28. The van der Waals surface area contributed by atoms with E-state index in [1.165, 1.54) is 0 Å². The van der Waals surface area contributed by atoms with Crippen LogP contribution in [-0.4, -0.2) is 30.0 Å². The van der Waals surface area contributed by atoms with Crippen molar-refractivity contribution in [2.75, 3.05) is 18.0 Å². The molecule has 1 N–H and O–H groups in total. The van der Waals surface area contributed by atoms with Crippen molar-refractivity contribution in [3.8, 4) is 0 Å². The van der Waals surface area contributed by atoms with Crippen molar-refractivity contribution in [2.45, 2.75) is 45.6 Å². The van der Waals surface area contributed by atoms with Gasteiger partial charge in [0.1, 0.15) is 5.52 Å². The maximum Gasteiger partial charge on any atom is 0.298 e. The van der Waals surface area contributed by atoms with Gasteiger partial charge in [0.2, 0.25) is 5.91 Å². The van der Waals surface area contributed by atoms with Crippen LogP contribution in [0, 0.1) is 5.92 Å². The Balaban J connectivity index is 1.67. The van der Waals surface area contributed by atoms with Gasteiger partial charge in [-0.15, -0.1) is 0 Å². The molecular formula is C18H25N3O2. The van der Waals surface area contributed by atoms with E-state index in [0.717, 1.165) is 43.3 Å². The van der Waals surface area contributed by atoms with Crippen LogP contribution in [-0.2, 0) is 4.79 Å². The molecule has 23 heavy (non-hydrogen) atoms. The molecular weight excluding hydrogens is 290 g/mol. The van der Waals surface area contributed by atoms with E-state index in [4.69, 9.17) is 4.42 Å². The average molecular weight is 315 g/mol. The molecule has 1 saturated heterocycles. The molecule has 0 radical (unpaired) electrons. The second-order valence-corrected chi connectivity index (χ2v) is 6.21. The van der Waals surface area contributed by atoms with Gasteiger partial charge < -0.3 is 14.6 Å². The molecule has 5 nitrogen and oxygen atoms in total. The largest absolute Gasteiger partial charge is 0.423 e. The molecule has 1 aromatic carbocycles. The lowest BCUT2D eigenvalue weighted by atomic mass is 10.0. The zero-order valence-corrected chi connectivity index (χ0v) is 13.9. The third kappa shape index (κ3) is 3.33. The predicted molar refractivity (Wildman–Crippen MR) is 91.5 cm³/mol. The molecule has 0 bridgehead atoms. The maximum absolute atomic E-state index is 12.2. The van der Waals surface area contributed by atoms with Crippen LogP contribution >= 0.6 is 0 Å². The summed E-state index contributed by atoms with van der Waals surface area (Å²) in [5.41, 5.74) is 1.70. The minimum atomic E-state index is 0.120. The second-order valence-electron chi connectivity index (χ2n) is 6.21. The summed E-state index contributed by atoms with van der Waals surface area (Å²) in [6.07, 6.45) is 3.94. The molecule has 5 heteroatoms. The van der Waals surface area contributed by atoms with Crippen LogP contribution in [0.15, 0.2) is 28.7 Å². The van der Waals surface area contributed by atoms with Crippen LogP contribution in [0.25, 0.3) is 11.1 Å². The highest BCUT2D eigenvalue weighted by Gasteiger charge is 2.29. The lowest BCUT2D eigenvalue weighted by Crippen LogP contribution is -2.42. The van der Waals surface area contributed by atoms with Gasteiger partial charge >= 0.3 is 0 Å². The summed E-state index contributed by atoms with van der Waals surface area (Å²) in [6.45, 7) is 5.72. The van der Waals surface area contributed by atoms with E-state index in [9.17, 15) is 4.79 Å². The highest BCUT2D eigenvalue weighted by molar-refractivity contribution is 5.78. The summed E-state index contributed by atoms with van der Waals surface area (Å²) in [6, 6.07) is 8.75. The SMILES string of the molecule is CCC(CC)C(=O)NCC1CCCN1c1nc2ccccc2o1. The Morgan fingerprint density at radius 1 is 1.39 bits per heavy atom. The number of anilines is 1. The second kappa shape index (κ2) is 7.02. The number of nitrogens with one attached hydrogen (secondary N) is 1. The fourth-order valence-electron chi connectivity index (χ4n) is 3.30. The fraction of sp³-hybridized carbons (Fsp3) is 0.556. The van der Waals surface area contributed by atoms with Crippen molar-refractivity contribution in [1.82, 2.24) is 10.3 Å². The van der Waals surface area contributed by atoms with Crippen molar-refractivity contribution >= 4 is 23.0 Å². The summed E-state index contributed by atoms with van der Waals surface area (Å²) in [5.74, 6) is 0.286. The molecule has 1 atom stereocenters. The van der Waals surface area contributed by atoms with Crippen molar-refractivity contribution in [1.29, 1.82) is 0 Å². The van der Waals surface area contributed by atoms with E-state index >= 15 is 0 Å². The zero-order chi connectivity index (χ0) is 16.2. The van der Waals surface area contributed by atoms with Gasteiger partial charge in [-0.1, -0.05) is 26.0 Å². The number of carbonyl (C=O) groups is 1. The lowest BCUT2D eigenvalue weighted by molar-refractivity contribution is -0.125. The van der Waals surface area contributed by atoms with Gasteiger partial charge in [0.15, 0.2) is 5.58 Å². The summed E-state index contributed by atoms with van der Waals surface area (Å²) in [4.78, 5) is 19.0. The first-order valence-electron chi connectivity index (χ1n) is 8.62. The zero-order valence-electron chi connectivity index (χ0n) is 13.9. The van der Waals surface area contributed by atoms with Crippen LogP contribution in [0.3, 0.4) is 0 Å². The number of fused-ring (bicyclic) bond motifs is 1. The van der Waals surface area contributed by atoms with Crippen molar-refractivity contribution in [3.05, 3.63) is 24.3 Å². The van der Waals surface area contributed by atoms with E-state index in [-0.39, 0.29) is 17.9 Å². The van der Waals surface area contributed by atoms with Gasteiger partial charge in [-0.2, -0.15) is 4.98 Å². The third-order valence-corrected chi connectivity index (χ3v) is 4.77. The van der Waals surface area contributed by atoms with Crippen LogP contribution < -0.4 is 10.2 Å². The summed E-state index contributed by atoms with van der Waals surface area (Å²) >= 11 is 0. The van der Waals surface area contributed by atoms with Crippen molar-refractivity contribution < 1.29 is 9.21 Å². The Bertz CT molecular complexity index is 630. The minimum absolute atomic E-state index is 0.120. The van der Waals surface area contributed by atoms with E-state index in [1.807, 2.05) is 24.3 Å². The first-order chi connectivity index (χ1) is 11.2. The van der Waals surface area contributed by atoms with Crippen LogP contribution in [0.5, 0.6) is 0 Å². The number of aromatic nitrogens is 1. The summed E-state index contributed by atoms with van der Waals surface area (Å²) < 4.78 is 5.88. The van der Waals surface area contributed by atoms with Crippen LogP contribution in [0.1, 0.15) is 39.5 Å². The Morgan fingerprint density at radius 3 is 2.91 bits per heavy atom. The molecule has 2 heterocycles. The monoisotopic (exact) mass is 315 g/mol.